The molecule has 7 nitrogen and oxygen atoms in total. The average Bonchev–Trinajstić information content (AvgIpc) is 3.34. The van der Waals surface area contributed by atoms with Crippen LogP contribution < -0.4 is 15.5 Å². The Bertz CT molecular complexity index is 974. The van der Waals surface area contributed by atoms with Crippen molar-refractivity contribution >= 4 is 57.2 Å². The van der Waals surface area contributed by atoms with Crippen LogP contribution in [0.5, 0.6) is 0 Å². The molecule has 29 heavy (non-hydrogen) atoms. The van der Waals surface area contributed by atoms with E-state index in [-0.39, 0.29) is 24.0 Å². The molecule has 1 aliphatic rings. The second-order valence-corrected chi connectivity index (χ2v) is 7.62. The molecule has 3 aromatic rings. The Labute approximate surface area is 196 Å². The van der Waals surface area contributed by atoms with E-state index in [0.29, 0.717) is 12.6 Å². The minimum atomic E-state index is 0. The Hall–Kier alpha value is -1.88. The van der Waals surface area contributed by atoms with Crippen LogP contribution in [-0.2, 0) is 6.54 Å². The molecule has 3 heterocycles. The highest BCUT2D eigenvalue weighted by Gasteiger charge is 2.24. The van der Waals surface area contributed by atoms with Crippen molar-refractivity contribution in [3.8, 4) is 0 Å². The molecule has 9 heteroatoms. The van der Waals surface area contributed by atoms with Gasteiger partial charge in [-0.2, -0.15) is 0 Å². The first kappa shape index (κ1) is 21.8. The number of halogens is 2. The Kier molecular flexibility index (Phi) is 7.70. The number of aliphatic imine (C=N–C) groups is 1. The molecule has 1 aromatic carbocycles. The first-order chi connectivity index (χ1) is 13.7. The van der Waals surface area contributed by atoms with Gasteiger partial charge in [0.15, 0.2) is 17.4 Å². The fraction of sp³-hybridized carbons (Fsp3) is 0.350. The zero-order valence-electron chi connectivity index (χ0n) is 16.3. The second kappa shape index (κ2) is 10.2. The monoisotopic (exact) mass is 569 g/mol. The third kappa shape index (κ3) is 5.19. The van der Waals surface area contributed by atoms with Gasteiger partial charge in [0.2, 0.25) is 0 Å². The zero-order valence-corrected chi connectivity index (χ0v) is 20.2. The minimum Gasteiger partial charge on any atom is -0.368 e. The number of nitrogens with zero attached hydrogens (tertiary/aromatic N) is 5. The van der Waals surface area contributed by atoms with Gasteiger partial charge in [-0.05, 0) is 53.5 Å². The molecule has 2 aromatic heterocycles. The Morgan fingerprint density at radius 1 is 1.21 bits per heavy atom. The summed E-state index contributed by atoms with van der Waals surface area (Å²) in [5.74, 6) is 1.64. The van der Waals surface area contributed by atoms with E-state index in [1.807, 2.05) is 34.9 Å². The summed E-state index contributed by atoms with van der Waals surface area (Å²) in [5, 5.41) is 15.4. The van der Waals surface area contributed by atoms with Crippen LogP contribution in [0, 0.1) is 0 Å². The molecule has 0 aliphatic carbocycles. The van der Waals surface area contributed by atoms with Crippen LogP contribution in [0.2, 0.25) is 0 Å². The maximum Gasteiger partial charge on any atom is 0.191 e. The second-order valence-electron chi connectivity index (χ2n) is 6.77. The van der Waals surface area contributed by atoms with Crippen molar-refractivity contribution in [3.05, 3.63) is 59.0 Å². The molecular formula is C20H25BrIN7. The van der Waals surface area contributed by atoms with Crippen LogP contribution in [0.15, 0.2) is 58.1 Å². The van der Waals surface area contributed by atoms with Crippen molar-refractivity contribution in [3.63, 3.8) is 0 Å². The van der Waals surface area contributed by atoms with Crippen molar-refractivity contribution in [1.82, 2.24) is 25.2 Å². The topological polar surface area (TPSA) is 69.8 Å². The van der Waals surface area contributed by atoms with E-state index >= 15 is 0 Å². The van der Waals surface area contributed by atoms with Crippen LogP contribution >= 0.6 is 39.9 Å². The lowest BCUT2D eigenvalue weighted by atomic mass is 10.3. The van der Waals surface area contributed by atoms with Gasteiger partial charge < -0.3 is 15.5 Å². The number of aromatic nitrogens is 3. The van der Waals surface area contributed by atoms with E-state index in [2.05, 4.69) is 66.8 Å². The molecular weight excluding hydrogens is 545 g/mol. The minimum absolute atomic E-state index is 0. The number of guanidine groups is 1. The molecule has 2 N–H and O–H groups in total. The number of benzene rings is 1. The molecule has 4 rings (SSSR count). The standard InChI is InChI=1S/C20H24BrN7.HI/c1-2-22-20(23-13-19-26-25-18-9-5-6-11-28(18)19)24-15-10-12-27(14-15)17-8-4-3-7-16(17)21;/h3-9,11,15H,2,10,12-14H2,1H3,(H2,22,23,24);1H. The molecule has 0 radical (unpaired) electrons. The number of pyridine rings is 1. The summed E-state index contributed by atoms with van der Waals surface area (Å²) in [7, 11) is 0. The molecule has 1 aliphatic heterocycles. The van der Waals surface area contributed by atoms with Gasteiger partial charge in [0, 0.05) is 36.3 Å². The molecule has 1 fully saturated rings. The number of para-hydroxylation sites is 1. The summed E-state index contributed by atoms with van der Waals surface area (Å²) in [6, 6.07) is 14.6. The predicted octanol–water partition coefficient (Wildman–Crippen LogP) is 3.44. The average molecular weight is 570 g/mol. The SMILES string of the molecule is CCNC(=NCc1nnc2ccccn12)NC1CCN(c2ccccc2Br)C1.I. The highest BCUT2D eigenvalue weighted by molar-refractivity contribution is 14.0. The Balaban J connectivity index is 0.00000240. The van der Waals surface area contributed by atoms with Gasteiger partial charge in [0.25, 0.3) is 0 Å². The lowest BCUT2D eigenvalue weighted by Gasteiger charge is -2.21. The molecule has 0 spiro atoms. The van der Waals surface area contributed by atoms with Crippen molar-refractivity contribution in [1.29, 1.82) is 0 Å². The largest absolute Gasteiger partial charge is 0.368 e. The Morgan fingerprint density at radius 2 is 2.03 bits per heavy atom. The summed E-state index contributed by atoms with van der Waals surface area (Å²) in [5.41, 5.74) is 2.08. The number of nitrogens with one attached hydrogen (secondary N) is 2. The van der Waals surface area contributed by atoms with Crippen LogP contribution in [0.25, 0.3) is 5.65 Å². The van der Waals surface area contributed by atoms with Crippen molar-refractivity contribution in [2.24, 2.45) is 4.99 Å². The number of hydrogen-bond acceptors (Lipinski definition) is 4. The maximum absolute atomic E-state index is 4.73. The quantitative estimate of drug-likeness (QED) is 0.280. The van der Waals surface area contributed by atoms with E-state index in [1.165, 1.54) is 5.69 Å². The van der Waals surface area contributed by atoms with Crippen LogP contribution in [0.3, 0.4) is 0 Å². The Morgan fingerprint density at radius 3 is 2.86 bits per heavy atom. The summed E-state index contributed by atoms with van der Waals surface area (Å²) >= 11 is 3.66. The first-order valence-corrected chi connectivity index (χ1v) is 10.4. The molecule has 0 bridgehead atoms. The molecule has 1 atom stereocenters. The van der Waals surface area contributed by atoms with Crippen molar-refractivity contribution in [2.45, 2.75) is 25.9 Å². The van der Waals surface area contributed by atoms with Gasteiger partial charge in [-0.3, -0.25) is 4.40 Å². The lowest BCUT2D eigenvalue weighted by molar-refractivity contribution is 0.648. The summed E-state index contributed by atoms with van der Waals surface area (Å²) in [6.07, 6.45) is 3.03. The van der Waals surface area contributed by atoms with E-state index in [4.69, 9.17) is 4.99 Å². The zero-order chi connectivity index (χ0) is 19.3. The fourth-order valence-corrected chi connectivity index (χ4v) is 4.00. The first-order valence-electron chi connectivity index (χ1n) is 9.57. The number of anilines is 1. The number of fused-ring (bicyclic) bond motifs is 1. The van der Waals surface area contributed by atoms with Gasteiger partial charge in [-0.15, -0.1) is 34.2 Å². The van der Waals surface area contributed by atoms with Gasteiger partial charge >= 0.3 is 0 Å². The third-order valence-corrected chi connectivity index (χ3v) is 5.50. The summed E-state index contributed by atoms with van der Waals surface area (Å²) < 4.78 is 3.10. The van der Waals surface area contributed by atoms with E-state index in [1.54, 1.807) is 0 Å². The van der Waals surface area contributed by atoms with Gasteiger partial charge in [-0.1, -0.05) is 18.2 Å². The highest BCUT2D eigenvalue weighted by Crippen LogP contribution is 2.28. The maximum atomic E-state index is 4.73. The predicted molar refractivity (Wildman–Crippen MR) is 131 cm³/mol. The smallest absolute Gasteiger partial charge is 0.191 e. The third-order valence-electron chi connectivity index (χ3n) is 4.83. The van der Waals surface area contributed by atoms with E-state index in [9.17, 15) is 0 Å². The van der Waals surface area contributed by atoms with E-state index in [0.717, 1.165) is 48.0 Å². The molecule has 154 valence electrons. The van der Waals surface area contributed by atoms with Crippen LogP contribution in [0.1, 0.15) is 19.2 Å². The van der Waals surface area contributed by atoms with Crippen LogP contribution in [0.4, 0.5) is 5.69 Å². The van der Waals surface area contributed by atoms with Crippen molar-refractivity contribution < 1.29 is 0 Å². The van der Waals surface area contributed by atoms with Gasteiger partial charge in [0.05, 0.1) is 5.69 Å². The molecule has 1 unspecified atom stereocenters. The summed E-state index contributed by atoms with van der Waals surface area (Å²) in [6.45, 7) is 5.33. The lowest BCUT2D eigenvalue weighted by Crippen LogP contribution is -2.44. The van der Waals surface area contributed by atoms with Gasteiger partial charge in [0.1, 0.15) is 6.54 Å². The van der Waals surface area contributed by atoms with E-state index < -0.39 is 0 Å². The van der Waals surface area contributed by atoms with Gasteiger partial charge in [-0.25, -0.2) is 4.99 Å². The molecule has 0 amide bonds. The molecule has 0 saturated carbocycles. The number of hydrogen-bond donors (Lipinski definition) is 2. The fourth-order valence-electron chi connectivity index (χ4n) is 3.47. The summed E-state index contributed by atoms with van der Waals surface area (Å²) in [4.78, 5) is 7.13. The van der Waals surface area contributed by atoms with Crippen molar-refractivity contribution in [2.75, 3.05) is 24.5 Å². The number of rotatable bonds is 5. The molecule has 1 saturated heterocycles. The normalized spacial score (nSPS) is 16.7. The highest BCUT2D eigenvalue weighted by atomic mass is 127. The van der Waals surface area contributed by atoms with Crippen LogP contribution in [-0.4, -0.2) is 46.2 Å².